The largest absolute Gasteiger partial charge is 0.336 e. The maximum absolute atomic E-state index is 13.9. The fourth-order valence-corrected chi connectivity index (χ4v) is 3.06. The van der Waals surface area contributed by atoms with Crippen LogP contribution >= 0.6 is 10.7 Å². The average molecular weight is 336 g/mol. The van der Waals surface area contributed by atoms with Gasteiger partial charge in [0.25, 0.3) is 15.0 Å². The Kier molecular flexibility index (Phi) is 5.75. The molecule has 0 radical (unpaired) electrons. The molecule has 0 heterocycles. The van der Waals surface area contributed by atoms with E-state index in [-0.39, 0.29) is 23.1 Å². The average Bonchev–Trinajstić information content (AvgIpc) is 2.40. The zero-order valence-corrected chi connectivity index (χ0v) is 14.1. The van der Waals surface area contributed by atoms with Crippen molar-refractivity contribution in [1.82, 2.24) is 4.90 Å². The quantitative estimate of drug-likeness (QED) is 0.776. The van der Waals surface area contributed by atoms with Gasteiger partial charge >= 0.3 is 0 Å². The molecule has 1 aromatic carbocycles. The van der Waals surface area contributed by atoms with Crippen molar-refractivity contribution < 1.29 is 17.6 Å². The molecular weight excluding hydrogens is 317 g/mol. The molecule has 0 aromatic heterocycles. The highest BCUT2D eigenvalue weighted by Gasteiger charge is 2.24. The lowest BCUT2D eigenvalue weighted by atomic mass is 10.1. The van der Waals surface area contributed by atoms with Gasteiger partial charge in [0, 0.05) is 28.8 Å². The summed E-state index contributed by atoms with van der Waals surface area (Å²) in [6.07, 6.45) is 0.764. The van der Waals surface area contributed by atoms with Gasteiger partial charge in [0.2, 0.25) is 0 Å². The molecule has 0 spiro atoms. The van der Waals surface area contributed by atoms with Gasteiger partial charge in [-0.1, -0.05) is 6.92 Å². The molecule has 7 heteroatoms. The normalized spacial score (nSPS) is 13.0. The molecule has 0 aliphatic carbocycles. The van der Waals surface area contributed by atoms with Crippen LogP contribution in [0.15, 0.2) is 17.0 Å². The maximum atomic E-state index is 13.9. The second-order valence-electron chi connectivity index (χ2n) is 4.89. The van der Waals surface area contributed by atoms with Crippen molar-refractivity contribution in [2.45, 2.75) is 45.1 Å². The minimum atomic E-state index is -4.24. The van der Waals surface area contributed by atoms with E-state index in [1.807, 2.05) is 20.8 Å². The molecule has 0 aliphatic rings. The number of nitrogens with zero attached hydrogens (tertiary/aromatic N) is 1. The van der Waals surface area contributed by atoms with Crippen molar-refractivity contribution >= 4 is 25.6 Å². The number of hydrogen-bond acceptors (Lipinski definition) is 3. The fraction of sp³-hybridized carbons (Fsp3) is 0.500. The molecule has 118 valence electrons. The first-order valence-corrected chi connectivity index (χ1v) is 9.00. The standard InChI is InChI=1S/C14H19ClFNO3S/c1-5-10(4)17(6-2)14(18)11-7-9(3)13(16)12(8-11)21(15,19)20/h7-8,10H,5-6H2,1-4H3. The van der Waals surface area contributed by atoms with Gasteiger partial charge in [0.05, 0.1) is 0 Å². The van der Waals surface area contributed by atoms with Crippen molar-refractivity contribution in [2.24, 2.45) is 0 Å². The number of carbonyl (C=O) groups excluding carboxylic acids is 1. The SMILES string of the molecule is CCC(C)N(CC)C(=O)c1cc(C)c(F)c(S(=O)(=O)Cl)c1. The van der Waals surface area contributed by atoms with E-state index in [1.165, 1.54) is 13.0 Å². The summed E-state index contributed by atoms with van der Waals surface area (Å²) in [6, 6.07) is 2.34. The molecule has 1 atom stereocenters. The van der Waals surface area contributed by atoms with Crippen molar-refractivity contribution in [1.29, 1.82) is 0 Å². The van der Waals surface area contributed by atoms with Crippen molar-refractivity contribution in [2.75, 3.05) is 6.54 Å². The third-order valence-corrected chi connectivity index (χ3v) is 4.78. The highest BCUT2D eigenvalue weighted by Crippen LogP contribution is 2.24. The first-order chi connectivity index (χ1) is 9.63. The van der Waals surface area contributed by atoms with Gasteiger partial charge in [-0.3, -0.25) is 4.79 Å². The van der Waals surface area contributed by atoms with Crippen LogP contribution in [0.25, 0.3) is 0 Å². The zero-order chi connectivity index (χ0) is 16.4. The van der Waals surface area contributed by atoms with E-state index >= 15 is 0 Å². The van der Waals surface area contributed by atoms with Gasteiger partial charge in [-0.2, -0.15) is 0 Å². The monoisotopic (exact) mass is 335 g/mol. The predicted octanol–water partition coefficient (Wildman–Crippen LogP) is 3.32. The number of hydrogen-bond donors (Lipinski definition) is 0. The summed E-state index contributed by atoms with van der Waals surface area (Å²) < 4.78 is 36.7. The lowest BCUT2D eigenvalue weighted by Gasteiger charge is -2.27. The van der Waals surface area contributed by atoms with Crippen LogP contribution in [0.1, 0.15) is 43.1 Å². The Morgan fingerprint density at radius 3 is 2.38 bits per heavy atom. The second-order valence-corrected chi connectivity index (χ2v) is 7.43. The van der Waals surface area contributed by atoms with E-state index in [0.29, 0.717) is 6.54 Å². The van der Waals surface area contributed by atoms with Crippen LogP contribution in [0, 0.1) is 12.7 Å². The molecule has 0 saturated heterocycles. The molecule has 1 rings (SSSR count). The van der Waals surface area contributed by atoms with Crippen molar-refractivity contribution in [3.63, 3.8) is 0 Å². The number of amides is 1. The molecule has 0 N–H and O–H groups in total. The smallest absolute Gasteiger partial charge is 0.264 e. The minimum Gasteiger partial charge on any atom is -0.336 e. The number of halogens is 2. The minimum absolute atomic E-state index is 0.00363. The number of benzene rings is 1. The summed E-state index contributed by atoms with van der Waals surface area (Å²) in [5.74, 6) is -1.26. The van der Waals surface area contributed by atoms with Crippen LogP contribution in [-0.4, -0.2) is 31.8 Å². The van der Waals surface area contributed by atoms with Crippen LogP contribution in [0.4, 0.5) is 4.39 Å². The van der Waals surface area contributed by atoms with Crippen LogP contribution in [0.3, 0.4) is 0 Å². The fourth-order valence-electron chi connectivity index (χ4n) is 2.08. The highest BCUT2D eigenvalue weighted by molar-refractivity contribution is 8.13. The van der Waals surface area contributed by atoms with E-state index in [1.54, 1.807) is 4.90 Å². The molecule has 4 nitrogen and oxygen atoms in total. The lowest BCUT2D eigenvalue weighted by molar-refractivity contribution is 0.0699. The zero-order valence-electron chi connectivity index (χ0n) is 12.5. The molecule has 0 saturated carbocycles. The highest BCUT2D eigenvalue weighted by atomic mass is 35.7. The third-order valence-electron chi connectivity index (χ3n) is 3.46. The van der Waals surface area contributed by atoms with E-state index in [4.69, 9.17) is 10.7 Å². The summed E-state index contributed by atoms with van der Waals surface area (Å²) in [7, 11) is 0.979. The molecular formula is C14H19ClFNO3S. The maximum Gasteiger partial charge on any atom is 0.264 e. The van der Waals surface area contributed by atoms with Crippen LogP contribution < -0.4 is 0 Å². The molecule has 21 heavy (non-hydrogen) atoms. The van der Waals surface area contributed by atoms with Gasteiger partial charge in [-0.25, -0.2) is 12.8 Å². The predicted molar refractivity (Wildman–Crippen MR) is 80.6 cm³/mol. The van der Waals surface area contributed by atoms with Gasteiger partial charge in [0.15, 0.2) is 0 Å². The van der Waals surface area contributed by atoms with Gasteiger partial charge < -0.3 is 4.90 Å². The molecule has 1 amide bonds. The Morgan fingerprint density at radius 2 is 1.95 bits per heavy atom. The number of carbonyl (C=O) groups is 1. The van der Waals surface area contributed by atoms with Crippen LogP contribution in [0.2, 0.25) is 0 Å². The Morgan fingerprint density at radius 1 is 1.38 bits per heavy atom. The molecule has 0 bridgehead atoms. The third kappa shape index (κ3) is 3.95. The van der Waals surface area contributed by atoms with E-state index in [9.17, 15) is 17.6 Å². The van der Waals surface area contributed by atoms with Crippen LogP contribution in [0.5, 0.6) is 0 Å². The summed E-state index contributed by atoms with van der Waals surface area (Å²) in [5, 5.41) is 0. The molecule has 0 fully saturated rings. The summed E-state index contributed by atoms with van der Waals surface area (Å²) in [6.45, 7) is 7.56. The van der Waals surface area contributed by atoms with Crippen molar-refractivity contribution in [3.05, 3.63) is 29.1 Å². The van der Waals surface area contributed by atoms with Crippen molar-refractivity contribution in [3.8, 4) is 0 Å². The Balaban J connectivity index is 3.38. The lowest BCUT2D eigenvalue weighted by Crippen LogP contribution is -2.38. The molecule has 1 aromatic rings. The molecule has 1 unspecified atom stereocenters. The summed E-state index contributed by atoms with van der Waals surface area (Å²) in [4.78, 5) is 13.4. The van der Waals surface area contributed by atoms with E-state index < -0.39 is 19.8 Å². The van der Waals surface area contributed by atoms with Gasteiger partial charge in [-0.05, 0) is 44.9 Å². The van der Waals surface area contributed by atoms with E-state index in [0.717, 1.165) is 12.5 Å². The summed E-state index contributed by atoms with van der Waals surface area (Å²) in [5.41, 5.74) is 0.190. The molecule has 0 aliphatic heterocycles. The Hall–Kier alpha value is -1.14. The first-order valence-electron chi connectivity index (χ1n) is 6.69. The number of aryl methyl sites for hydroxylation is 1. The number of rotatable bonds is 5. The first kappa shape index (κ1) is 17.9. The van der Waals surface area contributed by atoms with Crippen LogP contribution in [-0.2, 0) is 9.05 Å². The van der Waals surface area contributed by atoms with Gasteiger partial charge in [-0.15, -0.1) is 0 Å². The van der Waals surface area contributed by atoms with Gasteiger partial charge in [0.1, 0.15) is 10.7 Å². The Labute approximate surface area is 129 Å². The Bertz CT molecular complexity index is 646. The van der Waals surface area contributed by atoms with E-state index in [2.05, 4.69) is 0 Å². The topological polar surface area (TPSA) is 54.5 Å². The second kappa shape index (κ2) is 6.75. The summed E-state index contributed by atoms with van der Waals surface area (Å²) >= 11 is 0.